The normalized spacial score (nSPS) is 9.70. The molecule has 0 aromatic carbocycles. The van der Waals surface area contributed by atoms with Crippen molar-refractivity contribution in [2.45, 2.75) is 19.8 Å². The fraction of sp³-hybridized carbons (Fsp3) is 0.500. The van der Waals surface area contributed by atoms with Gasteiger partial charge in [-0.25, -0.2) is 0 Å². The first kappa shape index (κ1) is 7.19. The van der Waals surface area contributed by atoms with Crippen LogP contribution in [0.1, 0.15) is 19.8 Å². The lowest BCUT2D eigenvalue weighted by Crippen LogP contribution is -2.09. The standard InChI is InChI=1S/C8H13NO/c1-2-3-8-10-9-6-4-5-7-9/h4-7H,2-3,8H2,1H3. The summed E-state index contributed by atoms with van der Waals surface area (Å²) in [5, 5.41) is 0. The molecule has 1 aromatic heterocycles. The summed E-state index contributed by atoms with van der Waals surface area (Å²) in [7, 11) is 0. The number of rotatable bonds is 4. The molecule has 0 amide bonds. The Morgan fingerprint density at radius 2 is 2.00 bits per heavy atom. The van der Waals surface area contributed by atoms with Crippen LogP contribution in [-0.2, 0) is 0 Å². The molecule has 0 aliphatic heterocycles. The summed E-state index contributed by atoms with van der Waals surface area (Å²) in [6.45, 7) is 2.96. The highest BCUT2D eigenvalue weighted by Crippen LogP contribution is 1.88. The van der Waals surface area contributed by atoms with Crippen LogP contribution >= 0.6 is 0 Å². The summed E-state index contributed by atoms with van der Waals surface area (Å²) in [6, 6.07) is 3.90. The number of hydrogen-bond acceptors (Lipinski definition) is 1. The highest BCUT2D eigenvalue weighted by atomic mass is 16.7. The molecule has 0 fully saturated rings. The van der Waals surface area contributed by atoms with Crippen molar-refractivity contribution < 1.29 is 4.84 Å². The molecule has 0 saturated carbocycles. The molecule has 0 aliphatic rings. The zero-order valence-corrected chi connectivity index (χ0v) is 6.29. The van der Waals surface area contributed by atoms with Gasteiger partial charge >= 0.3 is 0 Å². The highest BCUT2D eigenvalue weighted by molar-refractivity contribution is 4.87. The van der Waals surface area contributed by atoms with E-state index in [-0.39, 0.29) is 0 Å². The molecule has 0 N–H and O–H groups in total. The third-order valence-corrected chi connectivity index (χ3v) is 1.32. The molecule has 1 aromatic rings. The van der Waals surface area contributed by atoms with Gasteiger partial charge in [-0.2, -0.15) is 4.73 Å². The Kier molecular flexibility index (Phi) is 2.87. The molecule has 2 nitrogen and oxygen atoms in total. The van der Waals surface area contributed by atoms with Gasteiger partial charge in [0.2, 0.25) is 0 Å². The van der Waals surface area contributed by atoms with Crippen molar-refractivity contribution in [2.75, 3.05) is 6.61 Å². The predicted octanol–water partition coefficient (Wildman–Crippen LogP) is 1.72. The molecular formula is C8H13NO. The molecule has 2 heteroatoms. The quantitative estimate of drug-likeness (QED) is 0.579. The van der Waals surface area contributed by atoms with Crippen LogP contribution < -0.4 is 4.84 Å². The molecule has 0 bridgehead atoms. The van der Waals surface area contributed by atoms with E-state index in [4.69, 9.17) is 4.84 Å². The van der Waals surface area contributed by atoms with Gasteiger partial charge in [0.1, 0.15) is 6.61 Å². The Morgan fingerprint density at radius 3 is 2.60 bits per heavy atom. The molecule has 0 atom stereocenters. The number of aromatic nitrogens is 1. The van der Waals surface area contributed by atoms with Gasteiger partial charge in [-0.05, 0) is 18.6 Å². The van der Waals surface area contributed by atoms with Crippen molar-refractivity contribution in [2.24, 2.45) is 0 Å². The molecule has 56 valence electrons. The van der Waals surface area contributed by atoms with Crippen molar-refractivity contribution >= 4 is 0 Å². The van der Waals surface area contributed by atoms with Gasteiger partial charge in [0.25, 0.3) is 0 Å². The Morgan fingerprint density at radius 1 is 1.30 bits per heavy atom. The van der Waals surface area contributed by atoms with E-state index in [0.717, 1.165) is 13.0 Å². The smallest absolute Gasteiger partial charge is 0.115 e. The van der Waals surface area contributed by atoms with Gasteiger partial charge in [-0.1, -0.05) is 13.3 Å². The van der Waals surface area contributed by atoms with E-state index in [9.17, 15) is 0 Å². The van der Waals surface area contributed by atoms with Crippen LogP contribution in [-0.4, -0.2) is 11.3 Å². The average molecular weight is 139 g/mol. The fourth-order valence-corrected chi connectivity index (χ4v) is 0.719. The first-order chi connectivity index (χ1) is 4.93. The first-order valence-electron chi connectivity index (χ1n) is 3.69. The van der Waals surface area contributed by atoms with Crippen LogP contribution in [0.3, 0.4) is 0 Å². The van der Waals surface area contributed by atoms with E-state index in [0.29, 0.717) is 0 Å². The average Bonchev–Trinajstić information content (AvgIpc) is 2.41. The zero-order valence-electron chi connectivity index (χ0n) is 6.29. The minimum Gasteiger partial charge on any atom is -0.414 e. The second-order valence-electron chi connectivity index (χ2n) is 2.23. The van der Waals surface area contributed by atoms with Crippen LogP contribution in [0.25, 0.3) is 0 Å². The maximum atomic E-state index is 5.30. The van der Waals surface area contributed by atoms with E-state index in [1.54, 1.807) is 4.73 Å². The van der Waals surface area contributed by atoms with Gasteiger partial charge in [-0.15, -0.1) is 0 Å². The summed E-state index contributed by atoms with van der Waals surface area (Å²) in [6.07, 6.45) is 6.10. The first-order valence-corrected chi connectivity index (χ1v) is 3.69. The molecule has 10 heavy (non-hydrogen) atoms. The van der Waals surface area contributed by atoms with Crippen LogP contribution in [0.15, 0.2) is 24.5 Å². The molecule has 1 heterocycles. The second-order valence-corrected chi connectivity index (χ2v) is 2.23. The third kappa shape index (κ3) is 2.13. The summed E-state index contributed by atoms with van der Waals surface area (Å²) in [5.41, 5.74) is 0. The van der Waals surface area contributed by atoms with E-state index in [2.05, 4.69) is 6.92 Å². The number of unbranched alkanes of at least 4 members (excludes halogenated alkanes) is 1. The van der Waals surface area contributed by atoms with Crippen LogP contribution in [0.5, 0.6) is 0 Å². The lowest BCUT2D eigenvalue weighted by molar-refractivity contribution is 0.108. The van der Waals surface area contributed by atoms with E-state index in [1.165, 1.54) is 6.42 Å². The molecule has 0 aliphatic carbocycles. The second kappa shape index (κ2) is 3.99. The van der Waals surface area contributed by atoms with Crippen molar-refractivity contribution in [3.63, 3.8) is 0 Å². The summed E-state index contributed by atoms with van der Waals surface area (Å²) in [5.74, 6) is 0. The minimum absolute atomic E-state index is 0.811. The Labute approximate surface area is 61.4 Å². The molecule has 0 spiro atoms. The van der Waals surface area contributed by atoms with Crippen LogP contribution in [0.2, 0.25) is 0 Å². The summed E-state index contributed by atoms with van der Waals surface area (Å²) in [4.78, 5) is 5.30. The van der Waals surface area contributed by atoms with Crippen molar-refractivity contribution in [1.29, 1.82) is 0 Å². The van der Waals surface area contributed by atoms with Crippen molar-refractivity contribution in [1.82, 2.24) is 4.73 Å². The van der Waals surface area contributed by atoms with Gasteiger partial charge in [-0.3, -0.25) is 0 Å². The molecule has 0 saturated heterocycles. The molecular weight excluding hydrogens is 126 g/mol. The Balaban J connectivity index is 2.15. The van der Waals surface area contributed by atoms with Gasteiger partial charge in [0.15, 0.2) is 0 Å². The van der Waals surface area contributed by atoms with Gasteiger partial charge in [0.05, 0.1) is 0 Å². The van der Waals surface area contributed by atoms with Crippen molar-refractivity contribution in [3.05, 3.63) is 24.5 Å². The van der Waals surface area contributed by atoms with Gasteiger partial charge < -0.3 is 4.84 Å². The predicted molar refractivity (Wildman–Crippen MR) is 40.8 cm³/mol. The van der Waals surface area contributed by atoms with Crippen molar-refractivity contribution in [3.8, 4) is 0 Å². The number of nitrogens with zero attached hydrogens (tertiary/aromatic N) is 1. The monoisotopic (exact) mass is 139 g/mol. The summed E-state index contributed by atoms with van der Waals surface area (Å²) < 4.78 is 1.73. The zero-order chi connectivity index (χ0) is 7.23. The maximum Gasteiger partial charge on any atom is 0.115 e. The largest absolute Gasteiger partial charge is 0.414 e. The number of hydrogen-bond donors (Lipinski definition) is 0. The topological polar surface area (TPSA) is 14.2 Å². The lowest BCUT2D eigenvalue weighted by Gasteiger charge is -2.03. The van der Waals surface area contributed by atoms with Crippen LogP contribution in [0.4, 0.5) is 0 Å². The summed E-state index contributed by atoms with van der Waals surface area (Å²) >= 11 is 0. The third-order valence-electron chi connectivity index (χ3n) is 1.32. The molecule has 1 rings (SSSR count). The van der Waals surface area contributed by atoms with E-state index >= 15 is 0 Å². The minimum atomic E-state index is 0.811. The van der Waals surface area contributed by atoms with Crippen LogP contribution in [0, 0.1) is 0 Å². The fourth-order valence-electron chi connectivity index (χ4n) is 0.719. The molecule has 0 unspecified atom stereocenters. The van der Waals surface area contributed by atoms with Gasteiger partial charge in [0, 0.05) is 12.4 Å². The SMILES string of the molecule is CCCCOn1cccc1. The Bertz CT molecular complexity index is 158. The highest BCUT2D eigenvalue weighted by Gasteiger charge is 1.85. The van der Waals surface area contributed by atoms with E-state index < -0.39 is 0 Å². The van der Waals surface area contributed by atoms with E-state index in [1.807, 2.05) is 24.5 Å². The lowest BCUT2D eigenvalue weighted by atomic mass is 10.4. The molecule has 0 radical (unpaired) electrons. The Hall–Kier alpha value is -0.920. The maximum absolute atomic E-state index is 5.30.